The Morgan fingerprint density at radius 1 is 1.75 bits per heavy atom. The van der Waals surface area contributed by atoms with Crippen molar-refractivity contribution in [2.24, 2.45) is 10.7 Å². The lowest BCUT2D eigenvalue weighted by Gasteiger charge is -1.96. The summed E-state index contributed by atoms with van der Waals surface area (Å²) >= 11 is 0. The first-order valence-electron chi connectivity index (χ1n) is 2.54. The van der Waals surface area contributed by atoms with Gasteiger partial charge in [-0.1, -0.05) is 6.58 Å². The largest absolute Gasteiger partial charge is 0.326 e. The van der Waals surface area contributed by atoms with Crippen molar-refractivity contribution < 1.29 is 0 Å². The molecule has 2 N–H and O–H groups in total. The second-order valence-corrected chi connectivity index (χ2v) is 1.62. The fourth-order valence-corrected chi connectivity index (χ4v) is 0.306. The van der Waals surface area contributed by atoms with Crippen LogP contribution in [0.25, 0.3) is 0 Å². The van der Waals surface area contributed by atoms with Crippen molar-refractivity contribution in [3.05, 3.63) is 12.2 Å². The zero-order valence-corrected chi connectivity index (χ0v) is 5.44. The molecule has 0 bridgehead atoms. The Hall–Kier alpha value is -0.630. The Kier molecular flexibility index (Phi) is 3.12. The summed E-state index contributed by atoms with van der Waals surface area (Å²) in [7, 11) is 1.73. The van der Waals surface area contributed by atoms with Crippen LogP contribution in [0.2, 0.25) is 0 Å². The Labute approximate surface area is 50.1 Å². The van der Waals surface area contributed by atoms with E-state index in [-0.39, 0.29) is 0 Å². The molecule has 0 aliphatic heterocycles. The first-order valence-corrected chi connectivity index (χ1v) is 2.54. The fourth-order valence-electron chi connectivity index (χ4n) is 0.306. The third kappa shape index (κ3) is 1.89. The van der Waals surface area contributed by atoms with E-state index in [9.17, 15) is 0 Å². The summed E-state index contributed by atoms with van der Waals surface area (Å²) in [5, 5.41) is 0. The lowest BCUT2D eigenvalue weighted by Crippen LogP contribution is -2.08. The van der Waals surface area contributed by atoms with Gasteiger partial charge in [0.25, 0.3) is 0 Å². The average Bonchev–Trinajstić information content (AvgIpc) is 1.84. The predicted molar refractivity (Wildman–Crippen MR) is 37.2 cm³/mol. The zero-order chi connectivity index (χ0) is 6.57. The van der Waals surface area contributed by atoms with Gasteiger partial charge in [-0.3, -0.25) is 4.99 Å². The van der Waals surface area contributed by atoms with Crippen LogP contribution in [0.15, 0.2) is 17.1 Å². The molecular formula is C6H12N2. The maximum atomic E-state index is 5.27. The lowest BCUT2D eigenvalue weighted by atomic mass is 10.2. The summed E-state index contributed by atoms with van der Waals surface area (Å²) in [6, 6.07) is 0. The normalized spacial score (nSPS) is 11.6. The number of hydrogen-bond acceptors (Lipinski definition) is 2. The quantitative estimate of drug-likeness (QED) is 0.522. The van der Waals surface area contributed by atoms with Gasteiger partial charge in [-0.15, -0.1) is 0 Å². The van der Waals surface area contributed by atoms with Gasteiger partial charge in [0.2, 0.25) is 0 Å². The average molecular weight is 112 g/mol. The van der Waals surface area contributed by atoms with E-state index in [1.807, 2.05) is 6.92 Å². The molecule has 0 aliphatic rings. The molecule has 0 aromatic rings. The molecule has 0 unspecified atom stereocenters. The van der Waals surface area contributed by atoms with Crippen LogP contribution in [0.4, 0.5) is 0 Å². The van der Waals surface area contributed by atoms with Crippen LogP contribution in [0.3, 0.4) is 0 Å². The number of nitrogens with zero attached hydrogens (tertiary/aromatic N) is 1. The van der Waals surface area contributed by atoms with E-state index >= 15 is 0 Å². The van der Waals surface area contributed by atoms with E-state index in [1.165, 1.54) is 0 Å². The minimum atomic E-state index is 0.503. The molecule has 0 aliphatic carbocycles. The van der Waals surface area contributed by atoms with Gasteiger partial charge >= 0.3 is 0 Å². The maximum Gasteiger partial charge on any atom is 0.0352 e. The molecule has 2 heteroatoms. The first kappa shape index (κ1) is 7.37. The van der Waals surface area contributed by atoms with Gasteiger partial charge < -0.3 is 5.73 Å². The van der Waals surface area contributed by atoms with Crippen molar-refractivity contribution in [3.8, 4) is 0 Å². The standard InChI is InChI=1S/C6H12N2/c1-5(4-7)6(2)8-3/h1,4,7H2,2-3H3/b8-6-. The summed E-state index contributed by atoms with van der Waals surface area (Å²) in [4.78, 5) is 3.90. The van der Waals surface area contributed by atoms with Gasteiger partial charge in [0, 0.05) is 19.3 Å². The van der Waals surface area contributed by atoms with E-state index in [1.54, 1.807) is 7.05 Å². The van der Waals surface area contributed by atoms with E-state index in [4.69, 9.17) is 5.73 Å². The number of rotatable bonds is 2. The molecule has 2 nitrogen and oxygen atoms in total. The van der Waals surface area contributed by atoms with E-state index in [2.05, 4.69) is 11.6 Å². The molecule has 0 atom stereocenters. The SMILES string of the molecule is C=C(CN)/C(C)=N\C. The second kappa shape index (κ2) is 3.38. The van der Waals surface area contributed by atoms with Gasteiger partial charge in [-0.2, -0.15) is 0 Å². The smallest absolute Gasteiger partial charge is 0.0352 e. The van der Waals surface area contributed by atoms with Gasteiger partial charge in [0.15, 0.2) is 0 Å². The first-order chi connectivity index (χ1) is 3.72. The van der Waals surface area contributed by atoms with Gasteiger partial charge in [0.1, 0.15) is 0 Å². The van der Waals surface area contributed by atoms with Crippen LogP contribution in [0.5, 0.6) is 0 Å². The number of hydrogen-bond donors (Lipinski definition) is 1. The Balaban J connectivity index is 3.83. The molecule has 0 rings (SSSR count). The molecule has 0 amide bonds. The van der Waals surface area contributed by atoms with Gasteiger partial charge in [-0.25, -0.2) is 0 Å². The van der Waals surface area contributed by atoms with Gasteiger partial charge in [-0.05, 0) is 12.5 Å². The minimum Gasteiger partial charge on any atom is -0.326 e. The molecule has 0 radical (unpaired) electrons. The van der Waals surface area contributed by atoms with Crippen molar-refractivity contribution in [1.82, 2.24) is 0 Å². The summed E-state index contributed by atoms with van der Waals surface area (Å²) in [6.07, 6.45) is 0. The van der Waals surface area contributed by atoms with Crippen LogP contribution in [-0.2, 0) is 0 Å². The van der Waals surface area contributed by atoms with E-state index in [0.717, 1.165) is 11.3 Å². The Bertz CT molecular complexity index is 114. The lowest BCUT2D eigenvalue weighted by molar-refractivity contribution is 1.20. The van der Waals surface area contributed by atoms with Crippen molar-refractivity contribution in [3.63, 3.8) is 0 Å². The highest BCUT2D eigenvalue weighted by Gasteiger charge is 1.90. The van der Waals surface area contributed by atoms with E-state index < -0.39 is 0 Å². The third-order valence-electron chi connectivity index (χ3n) is 1.09. The van der Waals surface area contributed by atoms with Crippen LogP contribution in [-0.4, -0.2) is 19.3 Å². The molecule has 46 valence electrons. The molecule has 0 heterocycles. The number of nitrogens with two attached hydrogens (primary N) is 1. The highest BCUT2D eigenvalue weighted by atomic mass is 14.7. The maximum absolute atomic E-state index is 5.27. The highest BCUT2D eigenvalue weighted by molar-refractivity contribution is 5.97. The highest BCUT2D eigenvalue weighted by Crippen LogP contribution is 1.88. The molecular weight excluding hydrogens is 100 g/mol. The van der Waals surface area contributed by atoms with E-state index in [0.29, 0.717) is 6.54 Å². The Morgan fingerprint density at radius 2 is 2.25 bits per heavy atom. The van der Waals surface area contributed by atoms with Crippen LogP contribution in [0, 0.1) is 0 Å². The zero-order valence-electron chi connectivity index (χ0n) is 5.44. The molecule has 0 saturated heterocycles. The number of aliphatic imine (C=N–C) groups is 1. The Morgan fingerprint density at radius 3 is 2.38 bits per heavy atom. The topological polar surface area (TPSA) is 38.4 Å². The van der Waals surface area contributed by atoms with Crippen molar-refractivity contribution in [1.29, 1.82) is 0 Å². The van der Waals surface area contributed by atoms with Gasteiger partial charge in [0.05, 0.1) is 0 Å². The molecule has 8 heavy (non-hydrogen) atoms. The third-order valence-corrected chi connectivity index (χ3v) is 1.09. The molecule has 0 spiro atoms. The molecule has 0 aromatic heterocycles. The van der Waals surface area contributed by atoms with Crippen molar-refractivity contribution in [2.45, 2.75) is 6.92 Å². The van der Waals surface area contributed by atoms with Crippen molar-refractivity contribution in [2.75, 3.05) is 13.6 Å². The summed E-state index contributed by atoms with van der Waals surface area (Å²) in [5.74, 6) is 0. The fraction of sp³-hybridized carbons (Fsp3) is 0.500. The predicted octanol–water partition coefficient (Wildman–Crippen LogP) is 0.592. The molecule has 0 fully saturated rings. The summed E-state index contributed by atoms with van der Waals surface area (Å²) in [6.45, 7) is 6.09. The van der Waals surface area contributed by atoms with Crippen LogP contribution < -0.4 is 5.73 Å². The second-order valence-electron chi connectivity index (χ2n) is 1.62. The minimum absolute atomic E-state index is 0.503. The van der Waals surface area contributed by atoms with Crippen LogP contribution >= 0.6 is 0 Å². The molecule has 0 aromatic carbocycles. The monoisotopic (exact) mass is 112 g/mol. The summed E-state index contributed by atoms with van der Waals surface area (Å²) in [5.41, 5.74) is 7.12. The van der Waals surface area contributed by atoms with Crippen LogP contribution in [0.1, 0.15) is 6.92 Å². The van der Waals surface area contributed by atoms with Crippen molar-refractivity contribution >= 4 is 5.71 Å². The molecule has 0 saturated carbocycles. The summed E-state index contributed by atoms with van der Waals surface area (Å²) < 4.78 is 0.